The third kappa shape index (κ3) is 3.98. The molecule has 0 saturated heterocycles. The zero-order valence-corrected chi connectivity index (χ0v) is 15.0. The average molecular weight is 365 g/mol. The first-order chi connectivity index (χ1) is 12.1. The molecule has 1 aromatic heterocycles. The number of hydrogen-bond donors (Lipinski definition) is 0. The van der Waals surface area contributed by atoms with Crippen molar-refractivity contribution < 1.29 is 18.7 Å². The number of benzene rings is 1. The maximum atomic E-state index is 12.2. The largest absolute Gasteiger partial charge is 0.480 e. The van der Waals surface area contributed by atoms with E-state index in [0.717, 1.165) is 55.0 Å². The van der Waals surface area contributed by atoms with Crippen molar-refractivity contribution in [3.8, 4) is 5.75 Å². The fraction of sp³-hybridized carbons (Fsp3) is 0.474. The number of esters is 1. The zero-order chi connectivity index (χ0) is 17.8. The summed E-state index contributed by atoms with van der Waals surface area (Å²) in [6, 6.07) is 3.33. The Bertz CT molecular complexity index is 840. The van der Waals surface area contributed by atoms with Crippen LogP contribution in [0.1, 0.15) is 43.7 Å². The molecule has 134 valence electrons. The third-order valence-corrected chi connectivity index (χ3v) is 4.68. The Balaban J connectivity index is 1.82. The molecule has 0 aliphatic heterocycles. The molecule has 0 atom stereocenters. The van der Waals surface area contributed by atoms with Crippen LogP contribution in [0.15, 0.2) is 21.3 Å². The summed E-state index contributed by atoms with van der Waals surface area (Å²) in [4.78, 5) is 23.8. The quantitative estimate of drug-likeness (QED) is 0.439. The number of carbonyl (C=O) groups is 1. The van der Waals surface area contributed by atoms with Gasteiger partial charge in [-0.05, 0) is 43.7 Å². The first kappa shape index (κ1) is 17.8. The SMILES string of the molecule is CCCCOC(=O)COc1cc2oc(=O)c3c(c2cc1Cl)CCCC3. The van der Waals surface area contributed by atoms with E-state index < -0.39 is 5.97 Å². The Hall–Kier alpha value is -2.01. The van der Waals surface area contributed by atoms with Gasteiger partial charge >= 0.3 is 11.6 Å². The van der Waals surface area contributed by atoms with Crippen LogP contribution in [0, 0.1) is 0 Å². The van der Waals surface area contributed by atoms with Crippen molar-refractivity contribution in [2.45, 2.75) is 45.4 Å². The van der Waals surface area contributed by atoms with Crippen LogP contribution >= 0.6 is 11.6 Å². The third-order valence-electron chi connectivity index (χ3n) is 4.38. The summed E-state index contributed by atoms with van der Waals surface area (Å²) in [5, 5.41) is 1.23. The first-order valence-corrected chi connectivity index (χ1v) is 9.04. The van der Waals surface area contributed by atoms with Crippen molar-refractivity contribution in [1.29, 1.82) is 0 Å². The minimum atomic E-state index is -0.448. The molecule has 1 aliphatic rings. The fourth-order valence-corrected chi connectivity index (χ4v) is 3.28. The van der Waals surface area contributed by atoms with Crippen molar-refractivity contribution in [2.24, 2.45) is 0 Å². The zero-order valence-electron chi connectivity index (χ0n) is 14.2. The molecule has 1 aromatic carbocycles. The summed E-state index contributed by atoms with van der Waals surface area (Å²) in [6.45, 7) is 2.17. The highest BCUT2D eigenvalue weighted by atomic mass is 35.5. The molecule has 1 aliphatic carbocycles. The molecule has 0 bridgehead atoms. The number of aryl methyl sites for hydroxylation is 1. The molecule has 6 heteroatoms. The number of unbranched alkanes of at least 4 members (excludes halogenated alkanes) is 1. The Kier molecular flexibility index (Phi) is 5.63. The summed E-state index contributed by atoms with van der Waals surface area (Å²) < 4.78 is 15.9. The van der Waals surface area contributed by atoms with Crippen LogP contribution in [-0.4, -0.2) is 19.2 Å². The smallest absolute Gasteiger partial charge is 0.344 e. The first-order valence-electron chi connectivity index (χ1n) is 8.66. The van der Waals surface area contributed by atoms with Crippen LogP contribution in [0.2, 0.25) is 5.02 Å². The average Bonchev–Trinajstić information content (AvgIpc) is 2.61. The highest BCUT2D eigenvalue weighted by Gasteiger charge is 2.19. The van der Waals surface area contributed by atoms with Gasteiger partial charge in [-0.25, -0.2) is 9.59 Å². The lowest BCUT2D eigenvalue weighted by Crippen LogP contribution is -2.17. The molecular formula is C19H21ClO5. The van der Waals surface area contributed by atoms with Crippen molar-refractivity contribution in [3.63, 3.8) is 0 Å². The Labute approximate surface area is 150 Å². The molecule has 3 rings (SSSR count). The molecule has 0 saturated carbocycles. The molecule has 0 fully saturated rings. The van der Waals surface area contributed by atoms with Crippen LogP contribution in [0.5, 0.6) is 5.75 Å². The van der Waals surface area contributed by atoms with Gasteiger partial charge in [0.05, 0.1) is 11.6 Å². The second-order valence-corrected chi connectivity index (χ2v) is 6.60. The molecule has 2 aromatic rings. The molecule has 5 nitrogen and oxygen atoms in total. The minimum absolute atomic E-state index is 0.232. The normalized spacial score (nSPS) is 13.5. The lowest BCUT2D eigenvalue weighted by molar-refractivity contribution is -0.146. The van der Waals surface area contributed by atoms with Gasteiger partial charge in [0, 0.05) is 17.0 Å². The van der Waals surface area contributed by atoms with Crippen LogP contribution in [0.4, 0.5) is 0 Å². The van der Waals surface area contributed by atoms with Gasteiger partial charge in [0.25, 0.3) is 0 Å². The summed E-state index contributed by atoms with van der Waals surface area (Å²) in [5.74, 6) is -0.142. The number of fused-ring (bicyclic) bond motifs is 3. The molecule has 0 N–H and O–H groups in total. The minimum Gasteiger partial charge on any atom is -0.480 e. The lowest BCUT2D eigenvalue weighted by Gasteiger charge is -2.17. The van der Waals surface area contributed by atoms with Crippen LogP contribution < -0.4 is 10.4 Å². The van der Waals surface area contributed by atoms with Crippen LogP contribution in [-0.2, 0) is 22.4 Å². The molecule has 0 spiro atoms. The number of hydrogen-bond acceptors (Lipinski definition) is 5. The van der Waals surface area contributed by atoms with Crippen LogP contribution in [0.3, 0.4) is 0 Å². The van der Waals surface area contributed by atoms with Gasteiger partial charge in [-0.3, -0.25) is 0 Å². The summed E-state index contributed by atoms with van der Waals surface area (Å²) in [6.07, 6.45) is 5.40. The maximum Gasteiger partial charge on any atom is 0.344 e. The topological polar surface area (TPSA) is 65.7 Å². The Morgan fingerprint density at radius 3 is 2.76 bits per heavy atom. The van der Waals surface area contributed by atoms with Crippen LogP contribution in [0.25, 0.3) is 11.0 Å². The van der Waals surface area contributed by atoms with E-state index in [-0.39, 0.29) is 12.2 Å². The van der Waals surface area contributed by atoms with E-state index in [4.69, 9.17) is 25.5 Å². The predicted molar refractivity (Wildman–Crippen MR) is 95.5 cm³/mol. The fourth-order valence-electron chi connectivity index (χ4n) is 3.06. The van der Waals surface area contributed by atoms with Crippen molar-refractivity contribution >= 4 is 28.5 Å². The van der Waals surface area contributed by atoms with E-state index >= 15 is 0 Å². The van der Waals surface area contributed by atoms with Gasteiger partial charge in [-0.15, -0.1) is 0 Å². The van der Waals surface area contributed by atoms with E-state index in [0.29, 0.717) is 23.0 Å². The summed E-state index contributed by atoms with van der Waals surface area (Å²) in [7, 11) is 0. The van der Waals surface area contributed by atoms with Gasteiger partial charge in [-0.2, -0.15) is 0 Å². The number of carbonyl (C=O) groups excluding carboxylic acids is 1. The molecule has 0 amide bonds. The number of rotatable bonds is 6. The van der Waals surface area contributed by atoms with E-state index in [1.807, 2.05) is 6.92 Å². The second kappa shape index (κ2) is 7.91. The van der Waals surface area contributed by atoms with Gasteiger partial charge in [0.1, 0.15) is 11.3 Å². The van der Waals surface area contributed by atoms with E-state index in [9.17, 15) is 9.59 Å². The van der Waals surface area contributed by atoms with Gasteiger partial charge in [-0.1, -0.05) is 24.9 Å². The molecule has 0 radical (unpaired) electrons. The number of halogens is 1. The van der Waals surface area contributed by atoms with Crippen molar-refractivity contribution in [1.82, 2.24) is 0 Å². The van der Waals surface area contributed by atoms with Crippen molar-refractivity contribution in [3.05, 3.63) is 38.7 Å². The second-order valence-electron chi connectivity index (χ2n) is 6.20. The van der Waals surface area contributed by atoms with Gasteiger partial charge < -0.3 is 13.9 Å². The molecule has 1 heterocycles. The Morgan fingerprint density at radius 1 is 1.24 bits per heavy atom. The summed E-state index contributed by atoms with van der Waals surface area (Å²) >= 11 is 6.30. The standard InChI is InChI=1S/C19H21ClO5/c1-2-3-8-23-18(21)11-24-17-10-16-14(9-15(17)20)12-6-4-5-7-13(12)19(22)25-16/h9-10H,2-8,11H2,1H3. The predicted octanol–water partition coefficient (Wildman–Crippen LogP) is 4.05. The molecule has 0 unspecified atom stereocenters. The van der Waals surface area contributed by atoms with Gasteiger partial charge in [0.15, 0.2) is 6.61 Å². The lowest BCUT2D eigenvalue weighted by atomic mass is 9.91. The van der Waals surface area contributed by atoms with Gasteiger partial charge in [0.2, 0.25) is 0 Å². The van der Waals surface area contributed by atoms with E-state index in [2.05, 4.69) is 0 Å². The van der Waals surface area contributed by atoms with E-state index in [1.165, 1.54) is 0 Å². The highest BCUT2D eigenvalue weighted by Crippen LogP contribution is 2.34. The molecule has 25 heavy (non-hydrogen) atoms. The maximum absolute atomic E-state index is 12.2. The molecular weight excluding hydrogens is 344 g/mol. The van der Waals surface area contributed by atoms with E-state index in [1.54, 1.807) is 12.1 Å². The Morgan fingerprint density at radius 2 is 2.00 bits per heavy atom. The number of ether oxygens (including phenoxy) is 2. The summed E-state index contributed by atoms with van der Waals surface area (Å²) in [5.41, 5.74) is 1.91. The van der Waals surface area contributed by atoms with Crippen molar-refractivity contribution in [2.75, 3.05) is 13.2 Å². The monoisotopic (exact) mass is 364 g/mol. The highest BCUT2D eigenvalue weighted by molar-refractivity contribution is 6.32.